The van der Waals surface area contributed by atoms with Crippen LogP contribution in [0.5, 0.6) is 0 Å². The van der Waals surface area contributed by atoms with Gasteiger partial charge in [0.1, 0.15) is 11.9 Å². The van der Waals surface area contributed by atoms with Gasteiger partial charge in [-0.2, -0.15) is 0 Å². The van der Waals surface area contributed by atoms with Gasteiger partial charge in [-0.05, 0) is 59.5 Å². The molecule has 0 saturated carbocycles. The fraction of sp³-hybridized carbons (Fsp3) is 0.345. The number of aromatic nitrogens is 2. The van der Waals surface area contributed by atoms with E-state index in [0.717, 1.165) is 31.7 Å². The molecule has 2 aromatic heterocycles. The van der Waals surface area contributed by atoms with Gasteiger partial charge in [0.05, 0.1) is 6.04 Å². The summed E-state index contributed by atoms with van der Waals surface area (Å²) in [5, 5.41) is 2.30. The van der Waals surface area contributed by atoms with Gasteiger partial charge < -0.3 is 4.90 Å². The Kier molecular flexibility index (Phi) is 6.88. The minimum atomic E-state index is -0.712. The second kappa shape index (κ2) is 10.6. The van der Waals surface area contributed by atoms with Crippen molar-refractivity contribution in [3.63, 3.8) is 0 Å². The van der Waals surface area contributed by atoms with E-state index in [1.165, 1.54) is 22.1 Å². The van der Waals surface area contributed by atoms with Crippen molar-refractivity contribution in [3.05, 3.63) is 94.8 Å². The first-order valence-corrected chi connectivity index (χ1v) is 13.2. The molecule has 1 atom stereocenters. The molecule has 5 heterocycles. The monoisotopic (exact) mass is 528 g/mol. The number of nitrogens with one attached hydrogen (secondary N) is 1. The van der Waals surface area contributed by atoms with Crippen LogP contribution in [0.3, 0.4) is 0 Å². The SMILES string of the molecule is O=C1CCC(N2Cc3cc(CN4CCN(C(c5ccncc5)c5ccncc5)CC4)c(F)cc3C2=O)C(=O)N1. The molecule has 1 aromatic carbocycles. The zero-order valence-electron chi connectivity index (χ0n) is 21.4. The summed E-state index contributed by atoms with van der Waals surface area (Å²) < 4.78 is 15.2. The number of nitrogens with zero attached hydrogens (tertiary/aromatic N) is 5. The van der Waals surface area contributed by atoms with Gasteiger partial charge in [0, 0.05) is 81.6 Å². The van der Waals surface area contributed by atoms with E-state index in [2.05, 4.69) is 25.1 Å². The second-order valence-corrected chi connectivity index (χ2v) is 10.3. The number of piperidine rings is 1. The molecule has 3 aliphatic rings. The third-order valence-electron chi connectivity index (χ3n) is 7.90. The summed E-state index contributed by atoms with van der Waals surface area (Å²) in [7, 11) is 0. The standard InChI is InChI=1S/C29H29FN6O3/c30-24-16-23-21(18-36(29(23)39)25-1-2-26(37)33-28(25)38)15-22(24)17-34-11-13-35(14-12-34)27(19-3-7-31-8-4-19)20-5-9-32-10-6-20/h3-10,15-16,25,27H,1-2,11-14,17-18H2,(H,33,37,38). The summed E-state index contributed by atoms with van der Waals surface area (Å²) in [5.41, 5.74) is 3.89. The number of imide groups is 1. The smallest absolute Gasteiger partial charge is 0.255 e. The number of benzene rings is 1. The van der Waals surface area contributed by atoms with Gasteiger partial charge in [-0.15, -0.1) is 0 Å². The van der Waals surface area contributed by atoms with Crippen LogP contribution >= 0.6 is 0 Å². The molecule has 9 nitrogen and oxygen atoms in total. The van der Waals surface area contributed by atoms with Gasteiger partial charge in [0.2, 0.25) is 11.8 Å². The number of fused-ring (bicyclic) bond motifs is 1. The number of carbonyl (C=O) groups is 3. The van der Waals surface area contributed by atoms with Gasteiger partial charge in [-0.25, -0.2) is 4.39 Å². The molecule has 200 valence electrons. The number of amides is 3. The van der Waals surface area contributed by atoms with Crippen LogP contribution in [0.2, 0.25) is 0 Å². The number of halogens is 1. The highest BCUT2D eigenvalue weighted by atomic mass is 19.1. The van der Waals surface area contributed by atoms with Crippen LogP contribution in [0.25, 0.3) is 0 Å². The summed E-state index contributed by atoms with van der Waals surface area (Å²) in [6.07, 6.45) is 7.70. The third-order valence-corrected chi connectivity index (χ3v) is 7.90. The molecule has 3 aliphatic heterocycles. The van der Waals surface area contributed by atoms with Crippen molar-refractivity contribution in [2.75, 3.05) is 26.2 Å². The normalized spacial score (nSPS) is 20.4. The van der Waals surface area contributed by atoms with E-state index < -0.39 is 17.8 Å². The molecule has 39 heavy (non-hydrogen) atoms. The van der Waals surface area contributed by atoms with Crippen LogP contribution < -0.4 is 5.32 Å². The third kappa shape index (κ3) is 5.05. The van der Waals surface area contributed by atoms with Gasteiger partial charge in [-0.1, -0.05) is 0 Å². The minimum Gasteiger partial charge on any atom is -0.322 e. The summed E-state index contributed by atoms with van der Waals surface area (Å²) in [6, 6.07) is 10.6. The number of rotatable bonds is 6. The Hall–Kier alpha value is -4.02. The predicted octanol–water partition coefficient (Wildman–Crippen LogP) is 2.28. The molecule has 1 N–H and O–H groups in total. The summed E-state index contributed by atoms with van der Waals surface area (Å²) in [6.45, 7) is 3.83. The molecule has 3 aromatic rings. The first kappa shape index (κ1) is 25.3. The Morgan fingerprint density at radius 2 is 1.56 bits per heavy atom. The number of carbonyl (C=O) groups excluding carboxylic acids is 3. The summed E-state index contributed by atoms with van der Waals surface area (Å²) in [5.74, 6) is -1.58. The molecular weight excluding hydrogens is 499 g/mol. The summed E-state index contributed by atoms with van der Waals surface area (Å²) >= 11 is 0. The number of pyridine rings is 2. The molecule has 1 unspecified atom stereocenters. The maximum absolute atomic E-state index is 15.2. The lowest BCUT2D eigenvalue weighted by molar-refractivity contribution is -0.136. The quantitative estimate of drug-likeness (QED) is 0.490. The van der Waals surface area contributed by atoms with E-state index in [0.29, 0.717) is 17.7 Å². The highest BCUT2D eigenvalue weighted by Gasteiger charge is 2.39. The fourth-order valence-corrected chi connectivity index (χ4v) is 5.89. The minimum absolute atomic E-state index is 0.0826. The maximum Gasteiger partial charge on any atom is 0.255 e. The van der Waals surface area contributed by atoms with E-state index in [-0.39, 0.29) is 37.2 Å². The average molecular weight is 529 g/mol. The highest BCUT2D eigenvalue weighted by Crippen LogP contribution is 2.31. The molecule has 0 radical (unpaired) electrons. The van der Waals surface area contributed by atoms with E-state index in [1.54, 1.807) is 6.07 Å². The van der Waals surface area contributed by atoms with E-state index in [9.17, 15) is 14.4 Å². The lowest BCUT2D eigenvalue weighted by Crippen LogP contribution is -2.52. The Balaban J connectivity index is 1.14. The number of piperazine rings is 1. The molecule has 2 saturated heterocycles. The van der Waals surface area contributed by atoms with Crippen LogP contribution in [0.4, 0.5) is 4.39 Å². The summed E-state index contributed by atoms with van der Waals surface area (Å²) in [4.78, 5) is 51.3. The van der Waals surface area contributed by atoms with Crippen molar-refractivity contribution in [1.29, 1.82) is 0 Å². The average Bonchev–Trinajstić information content (AvgIpc) is 3.26. The van der Waals surface area contributed by atoms with Crippen LogP contribution in [-0.4, -0.2) is 74.6 Å². The maximum atomic E-state index is 15.2. The van der Waals surface area contributed by atoms with Crippen molar-refractivity contribution in [3.8, 4) is 0 Å². The molecule has 10 heteroatoms. The Morgan fingerprint density at radius 1 is 0.923 bits per heavy atom. The number of hydrogen-bond acceptors (Lipinski definition) is 7. The zero-order valence-corrected chi connectivity index (χ0v) is 21.4. The van der Waals surface area contributed by atoms with E-state index in [1.807, 2.05) is 49.1 Å². The van der Waals surface area contributed by atoms with Crippen LogP contribution in [0.1, 0.15) is 51.5 Å². The Morgan fingerprint density at radius 3 is 2.18 bits per heavy atom. The van der Waals surface area contributed by atoms with E-state index in [4.69, 9.17) is 0 Å². The largest absolute Gasteiger partial charge is 0.322 e. The lowest BCUT2D eigenvalue weighted by Gasteiger charge is -2.39. The zero-order chi connectivity index (χ0) is 26.9. The molecule has 0 spiro atoms. The Bertz CT molecular complexity index is 1360. The molecular formula is C29H29FN6O3. The van der Waals surface area contributed by atoms with Crippen LogP contribution in [-0.2, 0) is 22.7 Å². The van der Waals surface area contributed by atoms with Crippen molar-refractivity contribution in [1.82, 2.24) is 30.0 Å². The fourth-order valence-electron chi connectivity index (χ4n) is 5.89. The second-order valence-electron chi connectivity index (χ2n) is 10.3. The van der Waals surface area contributed by atoms with Gasteiger partial charge >= 0.3 is 0 Å². The van der Waals surface area contributed by atoms with Gasteiger partial charge in [-0.3, -0.25) is 39.5 Å². The first-order valence-electron chi connectivity index (χ1n) is 13.2. The predicted molar refractivity (Wildman–Crippen MR) is 140 cm³/mol. The van der Waals surface area contributed by atoms with Crippen LogP contribution in [0.15, 0.2) is 61.2 Å². The first-order chi connectivity index (χ1) is 19.0. The van der Waals surface area contributed by atoms with Crippen molar-refractivity contribution < 1.29 is 18.8 Å². The molecule has 3 amide bonds. The van der Waals surface area contributed by atoms with Crippen LogP contribution in [0, 0.1) is 5.82 Å². The van der Waals surface area contributed by atoms with Crippen molar-refractivity contribution >= 4 is 17.7 Å². The van der Waals surface area contributed by atoms with Crippen molar-refractivity contribution in [2.45, 2.75) is 38.0 Å². The van der Waals surface area contributed by atoms with Gasteiger partial charge in [0.25, 0.3) is 5.91 Å². The highest BCUT2D eigenvalue weighted by molar-refractivity contribution is 6.05. The molecule has 6 rings (SSSR count). The van der Waals surface area contributed by atoms with Gasteiger partial charge in [0.15, 0.2) is 0 Å². The number of hydrogen-bond donors (Lipinski definition) is 1. The lowest BCUT2D eigenvalue weighted by atomic mass is 9.98. The van der Waals surface area contributed by atoms with Crippen molar-refractivity contribution in [2.24, 2.45) is 0 Å². The Labute approximate surface area is 225 Å². The molecule has 0 bridgehead atoms. The van der Waals surface area contributed by atoms with E-state index >= 15 is 4.39 Å². The topological polar surface area (TPSA) is 98.7 Å². The molecule has 0 aliphatic carbocycles. The molecule has 2 fully saturated rings.